The molecule has 0 saturated carbocycles. The van der Waals surface area contributed by atoms with E-state index in [1.807, 2.05) is 84.9 Å². The summed E-state index contributed by atoms with van der Waals surface area (Å²) in [5.41, 5.74) is 5.99. The molecule has 0 aliphatic carbocycles. The lowest BCUT2D eigenvalue weighted by atomic mass is 9.65. The SMILES string of the molecule is CCCCCCCCn1c(=O)c2cc3c(=O)n(-c4ccc(C(c5ccc(C#Cc6ccncc6)cc5)(c5ccc(C#Cc6ccncc6)cc5)c5ccc(C#Cc6ccncc6)cc5)cc4)c(=O)c3cc2c1=O. The smallest absolute Gasteiger partial charge is 0.266 e. The summed E-state index contributed by atoms with van der Waals surface area (Å²) in [6.07, 6.45) is 16.3. The highest BCUT2D eigenvalue weighted by Gasteiger charge is 2.38. The zero-order chi connectivity index (χ0) is 50.2. The van der Waals surface area contributed by atoms with Crippen molar-refractivity contribution in [3.63, 3.8) is 0 Å². The summed E-state index contributed by atoms with van der Waals surface area (Å²) in [5, 5.41) is 0.485. The number of pyridine rings is 3. The van der Waals surface area contributed by atoms with E-state index in [1.54, 1.807) is 49.3 Å². The van der Waals surface area contributed by atoms with Crippen LogP contribution in [0.4, 0.5) is 0 Å². The molecule has 0 saturated heterocycles. The molecule has 5 aromatic heterocycles. The van der Waals surface area contributed by atoms with Crippen molar-refractivity contribution in [3.8, 4) is 41.2 Å². The Morgan fingerprint density at radius 3 is 1.03 bits per heavy atom. The van der Waals surface area contributed by atoms with E-state index in [4.69, 9.17) is 0 Å². The van der Waals surface area contributed by atoms with Gasteiger partial charge in [0, 0.05) is 77.1 Å². The Morgan fingerprint density at radius 2 is 0.671 bits per heavy atom. The van der Waals surface area contributed by atoms with Gasteiger partial charge in [-0.05, 0) is 126 Å². The van der Waals surface area contributed by atoms with Gasteiger partial charge in [-0.1, -0.05) is 123 Å². The molecule has 0 bridgehead atoms. The summed E-state index contributed by atoms with van der Waals surface area (Å²) in [7, 11) is 0. The van der Waals surface area contributed by atoms with E-state index < -0.39 is 27.7 Å². The van der Waals surface area contributed by atoms with Crippen LogP contribution in [0.15, 0.2) is 202 Å². The fourth-order valence-electron chi connectivity index (χ4n) is 9.52. The van der Waals surface area contributed by atoms with Crippen molar-refractivity contribution in [2.75, 3.05) is 0 Å². The van der Waals surface area contributed by atoms with Crippen molar-refractivity contribution in [2.24, 2.45) is 0 Å². The van der Waals surface area contributed by atoms with Gasteiger partial charge in [-0.3, -0.25) is 38.7 Å². The maximum atomic E-state index is 14.3. The molecule has 0 aliphatic rings. The van der Waals surface area contributed by atoms with Crippen LogP contribution in [0, 0.1) is 35.5 Å². The molecular weight excluding hydrogens is 903 g/mol. The first-order chi connectivity index (χ1) is 35.8. The van der Waals surface area contributed by atoms with E-state index in [2.05, 4.69) is 93.8 Å². The third kappa shape index (κ3) is 9.71. The number of hydrogen-bond donors (Lipinski definition) is 0. The minimum absolute atomic E-state index is 0.0936. The van der Waals surface area contributed by atoms with Crippen LogP contribution < -0.4 is 22.2 Å². The van der Waals surface area contributed by atoms with Gasteiger partial charge in [0.25, 0.3) is 22.2 Å². The molecule has 5 heterocycles. The molecule has 0 fully saturated rings. The lowest BCUT2D eigenvalue weighted by molar-refractivity contribution is 0.547. The average molecular weight is 950 g/mol. The number of unbranched alkanes of at least 4 members (excludes halogenated alkanes) is 5. The predicted molar refractivity (Wildman–Crippen MR) is 289 cm³/mol. The molecule has 10 rings (SSSR count). The summed E-state index contributed by atoms with van der Waals surface area (Å²) in [4.78, 5) is 68.1. The molecule has 0 radical (unpaired) electrons. The largest absolute Gasteiger partial charge is 0.274 e. The Bertz CT molecular complexity index is 3690. The van der Waals surface area contributed by atoms with E-state index in [1.165, 1.54) is 16.7 Å². The minimum Gasteiger partial charge on any atom is -0.274 e. The second-order valence-electron chi connectivity index (χ2n) is 17.9. The maximum absolute atomic E-state index is 14.3. The number of aromatic nitrogens is 5. The molecular formula is C64H47N5O4. The Morgan fingerprint density at radius 1 is 0.370 bits per heavy atom. The quantitative estimate of drug-likeness (QED) is 0.0680. The number of benzene rings is 5. The van der Waals surface area contributed by atoms with E-state index in [0.29, 0.717) is 18.7 Å². The highest BCUT2D eigenvalue weighted by Crippen LogP contribution is 2.45. The Hall–Kier alpha value is -9.49. The summed E-state index contributed by atoms with van der Waals surface area (Å²) in [6, 6.07) is 46.0. The number of fused-ring (bicyclic) bond motifs is 2. The predicted octanol–water partition coefficient (Wildman–Crippen LogP) is 10.0. The van der Waals surface area contributed by atoms with E-state index in [9.17, 15) is 19.2 Å². The van der Waals surface area contributed by atoms with Crippen LogP contribution in [-0.2, 0) is 12.0 Å². The molecule has 9 nitrogen and oxygen atoms in total. The first-order valence-corrected chi connectivity index (χ1v) is 24.4. The molecule has 352 valence electrons. The summed E-state index contributed by atoms with van der Waals surface area (Å²) < 4.78 is 2.37. The average Bonchev–Trinajstić information content (AvgIpc) is 3.83. The fourth-order valence-corrected chi connectivity index (χ4v) is 9.52. The first kappa shape index (κ1) is 47.2. The van der Waals surface area contributed by atoms with Gasteiger partial charge in [-0.2, -0.15) is 0 Å². The zero-order valence-electron chi connectivity index (χ0n) is 40.1. The van der Waals surface area contributed by atoms with Crippen LogP contribution >= 0.6 is 0 Å². The third-order valence-corrected chi connectivity index (χ3v) is 13.3. The van der Waals surface area contributed by atoms with Gasteiger partial charge in [0.1, 0.15) is 0 Å². The Kier molecular flexibility index (Phi) is 13.7. The summed E-state index contributed by atoms with van der Waals surface area (Å²) in [5.74, 6) is 19.6. The van der Waals surface area contributed by atoms with Crippen molar-refractivity contribution >= 4 is 21.5 Å². The Labute approximate surface area is 422 Å². The van der Waals surface area contributed by atoms with Gasteiger partial charge in [-0.15, -0.1) is 0 Å². The number of rotatable bonds is 12. The van der Waals surface area contributed by atoms with Gasteiger partial charge in [0.05, 0.1) is 32.6 Å². The second kappa shape index (κ2) is 21.2. The van der Waals surface area contributed by atoms with Crippen molar-refractivity contribution < 1.29 is 0 Å². The van der Waals surface area contributed by atoms with Gasteiger partial charge in [-0.25, -0.2) is 4.57 Å². The fraction of sp³-hybridized carbons (Fsp3) is 0.141. The van der Waals surface area contributed by atoms with Crippen LogP contribution in [0.3, 0.4) is 0 Å². The summed E-state index contributed by atoms with van der Waals surface area (Å²) >= 11 is 0. The topological polar surface area (TPSA) is 117 Å². The minimum atomic E-state index is -0.978. The van der Waals surface area contributed by atoms with Crippen molar-refractivity contribution in [1.29, 1.82) is 0 Å². The molecule has 0 unspecified atom stereocenters. The molecule has 0 atom stereocenters. The molecule has 0 spiro atoms. The monoisotopic (exact) mass is 949 g/mol. The second-order valence-corrected chi connectivity index (χ2v) is 17.9. The number of hydrogen-bond acceptors (Lipinski definition) is 7. The van der Waals surface area contributed by atoms with Crippen LogP contribution in [0.5, 0.6) is 0 Å². The van der Waals surface area contributed by atoms with Crippen molar-refractivity contribution in [3.05, 3.63) is 280 Å². The van der Waals surface area contributed by atoms with Gasteiger partial charge in [0.2, 0.25) is 0 Å². The van der Waals surface area contributed by atoms with Crippen molar-refractivity contribution in [2.45, 2.75) is 57.4 Å². The van der Waals surface area contributed by atoms with Gasteiger partial charge < -0.3 is 0 Å². The zero-order valence-corrected chi connectivity index (χ0v) is 40.1. The van der Waals surface area contributed by atoms with Crippen molar-refractivity contribution in [1.82, 2.24) is 24.1 Å². The first-order valence-electron chi connectivity index (χ1n) is 24.4. The van der Waals surface area contributed by atoms with Crippen LogP contribution in [0.2, 0.25) is 0 Å². The maximum Gasteiger partial charge on any atom is 0.266 e. The van der Waals surface area contributed by atoms with E-state index in [-0.39, 0.29) is 21.5 Å². The van der Waals surface area contributed by atoms with E-state index >= 15 is 0 Å². The van der Waals surface area contributed by atoms with Crippen LogP contribution in [0.1, 0.15) is 101 Å². The number of nitrogens with zero attached hydrogens (tertiary/aromatic N) is 5. The molecule has 0 aliphatic heterocycles. The summed E-state index contributed by atoms with van der Waals surface area (Å²) in [6.45, 7) is 2.45. The Balaban J connectivity index is 1.09. The van der Waals surface area contributed by atoms with Crippen LogP contribution in [-0.4, -0.2) is 24.1 Å². The molecule has 73 heavy (non-hydrogen) atoms. The molecule has 5 aromatic carbocycles. The molecule has 9 heteroatoms. The molecule has 0 N–H and O–H groups in total. The lowest BCUT2D eigenvalue weighted by Gasteiger charge is -2.37. The third-order valence-electron chi connectivity index (χ3n) is 13.3. The lowest BCUT2D eigenvalue weighted by Crippen LogP contribution is -2.31. The van der Waals surface area contributed by atoms with Crippen LogP contribution in [0.25, 0.3) is 27.2 Å². The highest BCUT2D eigenvalue weighted by molar-refractivity contribution is 5.98. The standard InChI is InChI=1S/C64H47N5O4/c1-2-3-4-5-6-7-42-68-60(70)56-43-58-59(44-57(56)61(68)71)63(73)69(62(58)72)55-28-26-54(27-29-55)64(51-20-14-45(15-21-51)8-11-48-30-36-65-37-31-48,52-22-16-46(17-23-52)9-12-49-32-38-66-39-33-49)53-24-18-47(19-25-53)10-13-50-34-40-67-41-35-50/h14-41,43-44H,2-7,42H2,1H3. The molecule has 0 amide bonds. The molecule has 10 aromatic rings. The van der Waals surface area contributed by atoms with Gasteiger partial charge in [0.15, 0.2) is 0 Å². The van der Waals surface area contributed by atoms with Gasteiger partial charge >= 0.3 is 0 Å². The highest BCUT2D eigenvalue weighted by atomic mass is 16.2. The van der Waals surface area contributed by atoms with E-state index in [0.717, 1.165) is 92.3 Å². The normalized spacial score (nSPS) is 11.1.